The summed E-state index contributed by atoms with van der Waals surface area (Å²) in [5.41, 5.74) is 1.85. The molecule has 3 unspecified atom stereocenters. The Kier molecular flexibility index (Phi) is 6.88. The molecule has 152 valence electrons. The Morgan fingerprint density at radius 1 is 1.11 bits per heavy atom. The summed E-state index contributed by atoms with van der Waals surface area (Å²) >= 11 is 0. The summed E-state index contributed by atoms with van der Waals surface area (Å²) in [4.78, 5) is 6.29. The second kappa shape index (κ2) is 9.37. The highest BCUT2D eigenvalue weighted by atomic mass is 16.5. The molecule has 2 fully saturated rings. The zero-order chi connectivity index (χ0) is 20.1. The van der Waals surface area contributed by atoms with Crippen LogP contribution in [-0.2, 0) is 0 Å². The Bertz CT molecular complexity index is 721. The van der Waals surface area contributed by atoms with Crippen LogP contribution in [0.5, 0.6) is 11.5 Å². The van der Waals surface area contributed by atoms with E-state index in [9.17, 15) is 15.3 Å². The number of aliphatic hydroxyl groups excluding tert-OH is 2. The Morgan fingerprint density at radius 2 is 1.75 bits per heavy atom. The predicted molar refractivity (Wildman–Crippen MR) is 107 cm³/mol. The maximum Gasteiger partial charge on any atom is 0.133 e. The van der Waals surface area contributed by atoms with Crippen molar-refractivity contribution in [1.82, 2.24) is 9.88 Å². The summed E-state index contributed by atoms with van der Waals surface area (Å²) < 4.78 is 4.97. The lowest BCUT2D eigenvalue weighted by Gasteiger charge is -2.21. The normalized spacial score (nSPS) is 24.9. The lowest BCUT2D eigenvalue weighted by molar-refractivity contribution is 0.110. The van der Waals surface area contributed by atoms with E-state index < -0.39 is 6.10 Å². The van der Waals surface area contributed by atoms with Crippen molar-refractivity contribution < 1.29 is 20.1 Å². The number of pyridine rings is 1. The summed E-state index contributed by atoms with van der Waals surface area (Å²) in [6, 6.07) is 11.2. The third kappa shape index (κ3) is 5.44. The number of hydrogen-bond donors (Lipinski definition) is 3. The first kappa shape index (κ1) is 20.6. The van der Waals surface area contributed by atoms with Crippen LogP contribution in [0, 0.1) is 18.8 Å². The fraction of sp³-hybridized carbons (Fsp3) is 0.500. The standard InChI is InChI=1S/C14H20N2O3.C8H10O/c17-11-1-2-13(15-5-11)14(19)8-16-6-9-3-12(18)4-10(9)7-16;1-7-3-5-8(9-2)6-4-7/h1-2,5,9-10,12,14,17-19H,3-4,6-8H2;3-6H,1-2H3. The van der Waals surface area contributed by atoms with Gasteiger partial charge in [-0.25, -0.2) is 0 Å². The molecule has 6 nitrogen and oxygen atoms in total. The molecule has 0 spiro atoms. The fourth-order valence-electron chi connectivity index (χ4n) is 4.12. The monoisotopic (exact) mass is 386 g/mol. The first-order valence-electron chi connectivity index (χ1n) is 9.78. The Hall–Kier alpha value is -2.15. The number of hydrogen-bond acceptors (Lipinski definition) is 6. The van der Waals surface area contributed by atoms with Crippen molar-refractivity contribution in [3.8, 4) is 11.5 Å². The van der Waals surface area contributed by atoms with E-state index in [1.807, 2.05) is 24.3 Å². The number of aryl methyl sites for hydroxylation is 1. The van der Waals surface area contributed by atoms with Crippen LogP contribution in [-0.4, -0.2) is 58.1 Å². The third-order valence-electron chi connectivity index (χ3n) is 5.60. The zero-order valence-electron chi connectivity index (χ0n) is 16.5. The molecule has 1 aromatic carbocycles. The van der Waals surface area contributed by atoms with Gasteiger partial charge in [-0.15, -0.1) is 0 Å². The molecule has 2 aliphatic rings. The maximum atomic E-state index is 10.2. The van der Waals surface area contributed by atoms with Crippen molar-refractivity contribution >= 4 is 0 Å². The molecule has 3 N–H and O–H groups in total. The zero-order valence-corrected chi connectivity index (χ0v) is 16.5. The molecule has 0 bridgehead atoms. The molecule has 28 heavy (non-hydrogen) atoms. The molecule has 1 aromatic heterocycles. The second-order valence-electron chi connectivity index (χ2n) is 7.84. The van der Waals surface area contributed by atoms with Crippen LogP contribution in [0.15, 0.2) is 42.6 Å². The average molecular weight is 386 g/mol. The number of ether oxygens (including phenoxy) is 1. The molecule has 1 aliphatic carbocycles. The number of aromatic hydroxyl groups is 1. The third-order valence-corrected chi connectivity index (χ3v) is 5.60. The van der Waals surface area contributed by atoms with Crippen LogP contribution in [0.2, 0.25) is 0 Å². The van der Waals surface area contributed by atoms with E-state index in [-0.39, 0.29) is 11.9 Å². The van der Waals surface area contributed by atoms with Crippen LogP contribution in [0.1, 0.15) is 30.2 Å². The van der Waals surface area contributed by atoms with Gasteiger partial charge in [-0.05, 0) is 55.9 Å². The topological polar surface area (TPSA) is 86.0 Å². The van der Waals surface area contributed by atoms with Crippen molar-refractivity contribution in [2.24, 2.45) is 11.8 Å². The van der Waals surface area contributed by atoms with E-state index in [2.05, 4.69) is 16.8 Å². The van der Waals surface area contributed by atoms with Gasteiger partial charge < -0.3 is 20.1 Å². The Labute approximate surface area is 166 Å². The number of rotatable bonds is 4. The van der Waals surface area contributed by atoms with Gasteiger partial charge in [-0.2, -0.15) is 0 Å². The fourth-order valence-corrected chi connectivity index (χ4v) is 4.12. The summed E-state index contributed by atoms with van der Waals surface area (Å²) in [6.45, 7) is 4.54. The maximum absolute atomic E-state index is 10.2. The molecule has 4 rings (SSSR count). The molecular formula is C22H30N2O4. The summed E-state index contributed by atoms with van der Waals surface area (Å²) in [6.07, 6.45) is 2.40. The number of β-amino-alcohol motifs (C(OH)–C–C–N with tert-alkyl or cyclic N) is 1. The van der Waals surface area contributed by atoms with Crippen LogP contribution in [0.4, 0.5) is 0 Å². The second-order valence-corrected chi connectivity index (χ2v) is 7.84. The van der Waals surface area contributed by atoms with Gasteiger partial charge in [0, 0.05) is 19.6 Å². The Morgan fingerprint density at radius 3 is 2.29 bits per heavy atom. The molecule has 3 atom stereocenters. The highest BCUT2D eigenvalue weighted by Gasteiger charge is 2.40. The van der Waals surface area contributed by atoms with Gasteiger partial charge in [0.25, 0.3) is 0 Å². The van der Waals surface area contributed by atoms with Gasteiger partial charge in [0.1, 0.15) is 17.6 Å². The van der Waals surface area contributed by atoms with Crippen molar-refractivity contribution in [1.29, 1.82) is 0 Å². The summed E-state index contributed by atoms with van der Waals surface area (Å²) in [5, 5.41) is 28.9. The van der Waals surface area contributed by atoms with Gasteiger partial charge in [-0.3, -0.25) is 9.88 Å². The van der Waals surface area contributed by atoms with Gasteiger partial charge in [0.15, 0.2) is 0 Å². The Balaban J connectivity index is 0.000000211. The van der Waals surface area contributed by atoms with Crippen molar-refractivity contribution in [3.05, 3.63) is 53.9 Å². The lowest BCUT2D eigenvalue weighted by atomic mass is 10.0. The van der Waals surface area contributed by atoms with Gasteiger partial charge >= 0.3 is 0 Å². The van der Waals surface area contributed by atoms with Crippen molar-refractivity contribution in [2.45, 2.75) is 32.0 Å². The molecule has 1 aliphatic heterocycles. The highest BCUT2D eigenvalue weighted by molar-refractivity contribution is 5.26. The van der Waals surface area contributed by atoms with E-state index in [4.69, 9.17) is 4.74 Å². The summed E-state index contributed by atoms with van der Waals surface area (Å²) in [7, 11) is 1.67. The van der Waals surface area contributed by atoms with Gasteiger partial charge in [0.2, 0.25) is 0 Å². The average Bonchev–Trinajstić information content (AvgIpc) is 3.20. The van der Waals surface area contributed by atoms with E-state index in [1.54, 1.807) is 19.2 Å². The first-order chi connectivity index (χ1) is 13.4. The van der Waals surface area contributed by atoms with Crippen LogP contribution >= 0.6 is 0 Å². The lowest BCUT2D eigenvalue weighted by Crippen LogP contribution is -2.28. The van der Waals surface area contributed by atoms with Gasteiger partial charge in [0.05, 0.1) is 25.1 Å². The number of methoxy groups -OCH3 is 1. The SMILES string of the molecule is COc1ccc(C)cc1.Oc1ccc(C(O)CN2CC3CC(O)CC3C2)nc1. The predicted octanol–water partition coefficient (Wildman–Crippen LogP) is 2.53. The first-order valence-corrected chi connectivity index (χ1v) is 9.78. The molecule has 2 heterocycles. The minimum Gasteiger partial charge on any atom is -0.506 e. The number of aromatic nitrogens is 1. The molecule has 0 radical (unpaired) electrons. The van der Waals surface area contributed by atoms with Crippen molar-refractivity contribution in [3.63, 3.8) is 0 Å². The molecular weight excluding hydrogens is 356 g/mol. The van der Waals surface area contributed by atoms with E-state index in [1.165, 1.54) is 11.8 Å². The van der Waals surface area contributed by atoms with E-state index in [0.29, 0.717) is 24.1 Å². The molecule has 6 heteroatoms. The summed E-state index contributed by atoms with van der Waals surface area (Å²) in [5.74, 6) is 2.19. The van der Waals surface area contributed by atoms with Crippen LogP contribution < -0.4 is 4.74 Å². The van der Waals surface area contributed by atoms with Crippen LogP contribution in [0.25, 0.3) is 0 Å². The minimum absolute atomic E-state index is 0.112. The molecule has 1 saturated carbocycles. The molecule has 1 saturated heterocycles. The molecule has 2 aromatic rings. The highest BCUT2D eigenvalue weighted by Crippen LogP contribution is 2.38. The quantitative estimate of drug-likeness (QED) is 0.749. The molecule has 0 amide bonds. The van der Waals surface area contributed by atoms with Gasteiger partial charge in [-0.1, -0.05) is 17.7 Å². The number of fused-ring (bicyclic) bond motifs is 1. The minimum atomic E-state index is -0.621. The van der Waals surface area contributed by atoms with E-state index in [0.717, 1.165) is 31.7 Å². The number of nitrogens with zero attached hydrogens (tertiary/aromatic N) is 2. The van der Waals surface area contributed by atoms with E-state index >= 15 is 0 Å². The number of likely N-dealkylation sites (tertiary alicyclic amines) is 1. The van der Waals surface area contributed by atoms with Crippen molar-refractivity contribution in [2.75, 3.05) is 26.7 Å². The largest absolute Gasteiger partial charge is 0.506 e. The number of benzene rings is 1. The number of aliphatic hydroxyl groups is 2. The smallest absolute Gasteiger partial charge is 0.133 e. The van der Waals surface area contributed by atoms with Crippen LogP contribution in [0.3, 0.4) is 0 Å².